The van der Waals surface area contributed by atoms with Gasteiger partial charge in [0, 0.05) is 19.3 Å². The molecule has 65 heavy (non-hydrogen) atoms. The molecule has 0 aliphatic rings. The molecule has 0 rings (SSSR count). The van der Waals surface area contributed by atoms with Crippen LogP contribution in [0.5, 0.6) is 0 Å². The van der Waals surface area contributed by atoms with Gasteiger partial charge in [-0.2, -0.15) is 0 Å². The van der Waals surface area contributed by atoms with Crippen LogP contribution >= 0.6 is 0 Å². The molecule has 0 aromatic heterocycles. The summed E-state index contributed by atoms with van der Waals surface area (Å²) in [6.45, 7) is 6.56. The predicted octanol–water partition coefficient (Wildman–Crippen LogP) is 18.9. The lowest BCUT2D eigenvalue weighted by atomic mass is 10.0. The van der Waals surface area contributed by atoms with Gasteiger partial charge in [0.15, 0.2) is 6.10 Å². The van der Waals surface area contributed by atoms with Crippen molar-refractivity contribution in [2.45, 2.75) is 309 Å². The summed E-state index contributed by atoms with van der Waals surface area (Å²) in [7, 11) is 0. The van der Waals surface area contributed by atoms with E-state index in [1.165, 1.54) is 186 Å². The molecule has 0 aliphatic carbocycles. The molecule has 0 radical (unpaired) electrons. The van der Waals surface area contributed by atoms with Crippen molar-refractivity contribution in [1.82, 2.24) is 0 Å². The third-order valence-electron chi connectivity index (χ3n) is 12.7. The van der Waals surface area contributed by atoms with E-state index >= 15 is 0 Å². The monoisotopic (exact) mass is 913 g/mol. The number of unbranched alkanes of at least 4 members (excludes halogenated alkanes) is 35. The van der Waals surface area contributed by atoms with Crippen molar-refractivity contribution in [2.24, 2.45) is 0 Å². The highest BCUT2D eigenvalue weighted by molar-refractivity contribution is 5.71. The van der Waals surface area contributed by atoms with Gasteiger partial charge in [-0.05, 0) is 51.4 Å². The lowest BCUT2D eigenvalue weighted by molar-refractivity contribution is -0.167. The van der Waals surface area contributed by atoms with Gasteiger partial charge in [-0.1, -0.05) is 269 Å². The molecule has 1 unspecified atom stereocenters. The fraction of sp³-hybridized carbons (Fsp3) is 0.847. The second-order valence-corrected chi connectivity index (χ2v) is 19.2. The molecular formula is C59H108O6. The Balaban J connectivity index is 4.31. The zero-order chi connectivity index (χ0) is 47.2. The van der Waals surface area contributed by atoms with Crippen molar-refractivity contribution in [3.8, 4) is 0 Å². The summed E-state index contributed by atoms with van der Waals surface area (Å²) in [6.07, 6.45) is 64.2. The largest absolute Gasteiger partial charge is 0.462 e. The minimum atomic E-state index is -0.769. The van der Waals surface area contributed by atoms with E-state index in [0.29, 0.717) is 19.3 Å². The average Bonchev–Trinajstić information content (AvgIpc) is 3.30. The van der Waals surface area contributed by atoms with Gasteiger partial charge in [-0.25, -0.2) is 0 Å². The summed E-state index contributed by atoms with van der Waals surface area (Å²) in [5.74, 6) is -0.856. The van der Waals surface area contributed by atoms with E-state index in [9.17, 15) is 14.4 Å². The van der Waals surface area contributed by atoms with Crippen molar-refractivity contribution >= 4 is 17.9 Å². The minimum Gasteiger partial charge on any atom is -0.462 e. The summed E-state index contributed by atoms with van der Waals surface area (Å²) < 4.78 is 16.9. The van der Waals surface area contributed by atoms with Crippen LogP contribution in [0.4, 0.5) is 0 Å². The van der Waals surface area contributed by atoms with E-state index in [-0.39, 0.29) is 31.1 Å². The molecule has 0 aromatic rings. The van der Waals surface area contributed by atoms with Crippen LogP contribution in [-0.4, -0.2) is 37.2 Å². The highest BCUT2D eigenvalue weighted by atomic mass is 16.6. The van der Waals surface area contributed by atoms with Gasteiger partial charge in [0.2, 0.25) is 0 Å². The molecule has 0 amide bonds. The van der Waals surface area contributed by atoms with Crippen molar-refractivity contribution in [1.29, 1.82) is 0 Å². The van der Waals surface area contributed by atoms with Gasteiger partial charge < -0.3 is 14.2 Å². The summed E-state index contributed by atoms with van der Waals surface area (Å²) in [5, 5.41) is 0. The molecule has 0 saturated carbocycles. The zero-order valence-electron chi connectivity index (χ0n) is 43.5. The summed E-state index contributed by atoms with van der Waals surface area (Å²) in [4.78, 5) is 38.1. The zero-order valence-corrected chi connectivity index (χ0v) is 43.5. The molecule has 0 aromatic carbocycles. The Morgan fingerprint density at radius 3 is 0.938 bits per heavy atom. The average molecular weight is 914 g/mol. The van der Waals surface area contributed by atoms with Crippen molar-refractivity contribution in [3.05, 3.63) is 36.5 Å². The molecule has 1 atom stereocenters. The van der Waals surface area contributed by atoms with Crippen molar-refractivity contribution in [3.63, 3.8) is 0 Å². The van der Waals surface area contributed by atoms with Gasteiger partial charge in [0.05, 0.1) is 0 Å². The lowest BCUT2D eigenvalue weighted by Crippen LogP contribution is -2.30. The number of hydrogen-bond acceptors (Lipinski definition) is 6. The maximum atomic E-state index is 12.8. The fourth-order valence-electron chi connectivity index (χ4n) is 8.40. The topological polar surface area (TPSA) is 78.9 Å². The molecule has 380 valence electrons. The maximum absolute atomic E-state index is 12.8. The summed E-state index contributed by atoms with van der Waals surface area (Å²) in [5.41, 5.74) is 0. The SMILES string of the molecule is CC/C=C\C/C=C\C/C=C\CCCCCCCCCCCC(=O)OCC(COC(=O)CCCCCCCCCCCCCC)OC(=O)CCCCCCCCCCCCCCCCCC. The van der Waals surface area contributed by atoms with Gasteiger partial charge in [-0.3, -0.25) is 14.4 Å². The Morgan fingerprint density at radius 2 is 0.600 bits per heavy atom. The third-order valence-corrected chi connectivity index (χ3v) is 12.7. The summed E-state index contributed by atoms with van der Waals surface area (Å²) >= 11 is 0. The van der Waals surface area contributed by atoms with E-state index < -0.39 is 6.10 Å². The Hall–Kier alpha value is -2.37. The number of allylic oxidation sites excluding steroid dienone is 6. The molecule has 0 fully saturated rings. The van der Waals surface area contributed by atoms with Crippen molar-refractivity contribution < 1.29 is 28.6 Å². The molecule has 0 heterocycles. The normalized spacial score (nSPS) is 12.2. The predicted molar refractivity (Wildman–Crippen MR) is 279 cm³/mol. The molecule has 0 spiro atoms. The first-order valence-corrected chi connectivity index (χ1v) is 28.5. The standard InChI is InChI=1S/C59H108O6/c1-4-7-10-13-16-19-22-25-27-29-30-31-33-34-37-40-43-46-49-52-58(61)64-55-56(54-63-57(60)51-48-45-42-39-36-24-21-18-15-12-9-6-3)65-59(62)53-50-47-44-41-38-35-32-28-26-23-20-17-14-11-8-5-2/h7,10,16,19,25,27,56H,4-6,8-9,11-15,17-18,20-24,26,28-55H2,1-3H3/b10-7-,19-16-,27-25-. The Labute approximate surface area is 404 Å². The van der Waals surface area contributed by atoms with Gasteiger partial charge >= 0.3 is 17.9 Å². The fourth-order valence-corrected chi connectivity index (χ4v) is 8.40. The highest BCUT2D eigenvalue weighted by Gasteiger charge is 2.19. The van der Waals surface area contributed by atoms with Crippen LogP contribution in [-0.2, 0) is 28.6 Å². The Morgan fingerprint density at radius 1 is 0.323 bits per heavy atom. The summed E-state index contributed by atoms with van der Waals surface area (Å²) in [6, 6.07) is 0. The smallest absolute Gasteiger partial charge is 0.306 e. The van der Waals surface area contributed by atoms with Crippen LogP contribution in [0.3, 0.4) is 0 Å². The van der Waals surface area contributed by atoms with Gasteiger partial charge in [0.1, 0.15) is 13.2 Å². The number of rotatable bonds is 52. The first-order chi connectivity index (χ1) is 32.0. The first kappa shape index (κ1) is 62.6. The van der Waals surface area contributed by atoms with Crippen LogP contribution in [0, 0.1) is 0 Å². The Kier molecular flexibility index (Phi) is 52.3. The molecule has 0 N–H and O–H groups in total. The molecule has 6 nitrogen and oxygen atoms in total. The molecular weight excluding hydrogens is 805 g/mol. The second kappa shape index (κ2) is 54.2. The van der Waals surface area contributed by atoms with E-state index in [2.05, 4.69) is 57.2 Å². The quantitative estimate of drug-likeness (QED) is 0.0262. The molecule has 0 bridgehead atoms. The minimum absolute atomic E-state index is 0.0687. The van der Waals surface area contributed by atoms with Crippen LogP contribution in [0.25, 0.3) is 0 Å². The van der Waals surface area contributed by atoms with Crippen LogP contribution in [0.15, 0.2) is 36.5 Å². The second-order valence-electron chi connectivity index (χ2n) is 19.2. The number of ether oxygens (including phenoxy) is 3. The number of carbonyl (C=O) groups is 3. The van der Waals surface area contributed by atoms with E-state index in [1.807, 2.05) is 0 Å². The first-order valence-electron chi connectivity index (χ1n) is 28.5. The lowest BCUT2D eigenvalue weighted by Gasteiger charge is -2.18. The number of carbonyl (C=O) groups excluding carboxylic acids is 3. The van der Waals surface area contributed by atoms with E-state index in [1.54, 1.807) is 0 Å². The highest BCUT2D eigenvalue weighted by Crippen LogP contribution is 2.17. The van der Waals surface area contributed by atoms with E-state index in [4.69, 9.17) is 14.2 Å². The van der Waals surface area contributed by atoms with Gasteiger partial charge in [0.25, 0.3) is 0 Å². The van der Waals surface area contributed by atoms with E-state index in [0.717, 1.165) is 77.0 Å². The third kappa shape index (κ3) is 52.5. The number of hydrogen-bond donors (Lipinski definition) is 0. The Bertz CT molecular complexity index is 1090. The van der Waals surface area contributed by atoms with Crippen LogP contribution in [0.2, 0.25) is 0 Å². The molecule has 0 saturated heterocycles. The number of esters is 3. The van der Waals surface area contributed by atoms with Crippen molar-refractivity contribution in [2.75, 3.05) is 13.2 Å². The van der Waals surface area contributed by atoms with Gasteiger partial charge in [-0.15, -0.1) is 0 Å². The maximum Gasteiger partial charge on any atom is 0.306 e. The van der Waals surface area contributed by atoms with Crippen LogP contribution in [0.1, 0.15) is 303 Å². The molecule has 6 heteroatoms. The molecule has 0 aliphatic heterocycles. The van der Waals surface area contributed by atoms with Crippen LogP contribution < -0.4 is 0 Å².